The van der Waals surface area contributed by atoms with Crippen LogP contribution in [0.25, 0.3) is 0 Å². The van der Waals surface area contributed by atoms with Crippen LogP contribution in [0.3, 0.4) is 0 Å². The fraction of sp³-hybridized carbons (Fsp3) is 0.773. The van der Waals surface area contributed by atoms with Gasteiger partial charge in [0, 0.05) is 23.9 Å². The SMILES string of the molecule is CSNC1CCc2ccc(C)c(=O)n2C1COC1CCC(COC(C)C)CC1. The van der Waals surface area contributed by atoms with Crippen molar-refractivity contribution in [3.05, 3.63) is 33.7 Å². The summed E-state index contributed by atoms with van der Waals surface area (Å²) in [6.07, 6.45) is 9.16. The molecule has 0 amide bonds. The van der Waals surface area contributed by atoms with Crippen molar-refractivity contribution in [2.75, 3.05) is 19.5 Å². The minimum Gasteiger partial charge on any atom is -0.379 e. The zero-order chi connectivity index (χ0) is 20.1. The molecule has 0 radical (unpaired) electrons. The Labute approximate surface area is 173 Å². The summed E-state index contributed by atoms with van der Waals surface area (Å²) < 4.78 is 17.7. The third-order valence-corrected chi connectivity index (χ3v) is 6.67. The molecule has 1 fully saturated rings. The number of hydrogen-bond donors (Lipinski definition) is 1. The van der Waals surface area contributed by atoms with Gasteiger partial charge in [0.25, 0.3) is 5.56 Å². The van der Waals surface area contributed by atoms with E-state index in [0.717, 1.165) is 43.5 Å². The van der Waals surface area contributed by atoms with Crippen LogP contribution in [-0.2, 0) is 15.9 Å². The number of pyridine rings is 1. The number of ether oxygens (including phenoxy) is 2. The van der Waals surface area contributed by atoms with Gasteiger partial charge in [-0.25, -0.2) is 0 Å². The van der Waals surface area contributed by atoms with Gasteiger partial charge in [-0.1, -0.05) is 18.0 Å². The lowest BCUT2D eigenvalue weighted by Crippen LogP contribution is -2.46. The van der Waals surface area contributed by atoms with Gasteiger partial charge >= 0.3 is 0 Å². The Bertz CT molecular complexity index is 683. The maximum atomic E-state index is 12.9. The number of nitrogens with one attached hydrogen (secondary N) is 1. The van der Waals surface area contributed by atoms with Crippen LogP contribution in [0.4, 0.5) is 0 Å². The Hall–Kier alpha value is -0.820. The Kier molecular flexibility index (Phi) is 8.03. The molecule has 1 aromatic heterocycles. The van der Waals surface area contributed by atoms with Crippen molar-refractivity contribution in [2.45, 2.75) is 83.6 Å². The van der Waals surface area contributed by atoms with Gasteiger partial charge in [0.2, 0.25) is 0 Å². The van der Waals surface area contributed by atoms with Crippen molar-refractivity contribution in [3.8, 4) is 0 Å². The first-order valence-corrected chi connectivity index (χ1v) is 11.9. The summed E-state index contributed by atoms with van der Waals surface area (Å²) in [4.78, 5) is 12.9. The Morgan fingerprint density at radius 3 is 2.61 bits per heavy atom. The van der Waals surface area contributed by atoms with Gasteiger partial charge in [-0.2, -0.15) is 0 Å². The number of fused-ring (bicyclic) bond motifs is 1. The van der Waals surface area contributed by atoms with E-state index in [-0.39, 0.29) is 17.6 Å². The Morgan fingerprint density at radius 1 is 1.18 bits per heavy atom. The van der Waals surface area contributed by atoms with E-state index in [1.54, 1.807) is 11.9 Å². The van der Waals surface area contributed by atoms with E-state index in [1.165, 1.54) is 12.8 Å². The topological polar surface area (TPSA) is 52.5 Å². The largest absolute Gasteiger partial charge is 0.379 e. The molecule has 158 valence electrons. The zero-order valence-corrected chi connectivity index (χ0v) is 18.6. The second-order valence-electron chi connectivity index (χ2n) is 8.58. The smallest absolute Gasteiger partial charge is 0.254 e. The van der Waals surface area contributed by atoms with E-state index in [2.05, 4.69) is 24.6 Å². The molecule has 6 heteroatoms. The van der Waals surface area contributed by atoms with Crippen molar-refractivity contribution >= 4 is 11.9 Å². The maximum Gasteiger partial charge on any atom is 0.254 e. The lowest BCUT2D eigenvalue weighted by Gasteiger charge is -2.37. The highest BCUT2D eigenvalue weighted by Crippen LogP contribution is 2.30. The van der Waals surface area contributed by atoms with Crippen LogP contribution in [0.15, 0.2) is 16.9 Å². The van der Waals surface area contributed by atoms with Crippen molar-refractivity contribution < 1.29 is 9.47 Å². The molecule has 1 aliphatic heterocycles. The van der Waals surface area contributed by atoms with E-state index in [0.29, 0.717) is 24.7 Å². The fourth-order valence-electron chi connectivity index (χ4n) is 4.44. The Balaban J connectivity index is 1.61. The third kappa shape index (κ3) is 5.41. The second kappa shape index (κ2) is 10.3. The molecule has 3 rings (SSSR count). The standard InChI is InChI=1S/C22H36N2O3S/c1-15(2)26-13-17-6-10-19(11-7-17)27-14-21-20(23-28-4)12-9-18-8-5-16(3)22(25)24(18)21/h5,8,15,17,19-21,23H,6-7,9-14H2,1-4H3. The molecule has 2 aliphatic rings. The van der Waals surface area contributed by atoms with Crippen LogP contribution < -0.4 is 10.3 Å². The minimum absolute atomic E-state index is 0.0607. The average Bonchev–Trinajstić information content (AvgIpc) is 2.69. The maximum absolute atomic E-state index is 12.9. The van der Waals surface area contributed by atoms with Crippen LogP contribution in [0.2, 0.25) is 0 Å². The van der Waals surface area contributed by atoms with Crippen molar-refractivity contribution in [1.29, 1.82) is 0 Å². The zero-order valence-electron chi connectivity index (χ0n) is 17.8. The first-order chi connectivity index (χ1) is 13.5. The summed E-state index contributed by atoms with van der Waals surface area (Å²) in [7, 11) is 0. The summed E-state index contributed by atoms with van der Waals surface area (Å²) in [5.74, 6) is 0.661. The number of hydrogen-bond acceptors (Lipinski definition) is 5. The summed E-state index contributed by atoms with van der Waals surface area (Å²) in [6.45, 7) is 7.57. The third-order valence-electron chi connectivity index (χ3n) is 6.13. The molecule has 1 aliphatic carbocycles. The number of aryl methyl sites for hydroxylation is 2. The molecule has 2 unspecified atom stereocenters. The molecule has 1 aromatic rings. The fourth-order valence-corrected chi connectivity index (χ4v) is 5.02. The summed E-state index contributed by atoms with van der Waals surface area (Å²) in [5, 5.41) is 0. The molecule has 0 bridgehead atoms. The molecular formula is C22H36N2O3S. The highest BCUT2D eigenvalue weighted by molar-refractivity contribution is 7.96. The normalized spacial score (nSPS) is 27.8. The van der Waals surface area contributed by atoms with Crippen molar-refractivity contribution in [2.24, 2.45) is 5.92 Å². The van der Waals surface area contributed by atoms with Crippen molar-refractivity contribution in [1.82, 2.24) is 9.29 Å². The van der Waals surface area contributed by atoms with Gasteiger partial charge in [0.05, 0.1) is 24.9 Å². The van der Waals surface area contributed by atoms with Gasteiger partial charge in [0.1, 0.15) is 0 Å². The predicted octanol–water partition coefficient (Wildman–Crippen LogP) is 3.88. The number of rotatable bonds is 8. The molecular weight excluding hydrogens is 372 g/mol. The number of aromatic nitrogens is 1. The van der Waals surface area contributed by atoms with Crippen molar-refractivity contribution in [3.63, 3.8) is 0 Å². The van der Waals surface area contributed by atoms with Gasteiger partial charge in [-0.15, -0.1) is 0 Å². The lowest BCUT2D eigenvalue weighted by atomic mass is 9.88. The summed E-state index contributed by atoms with van der Waals surface area (Å²) >= 11 is 1.63. The van der Waals surface area contributed by atoms with Gasteiger partial charge in [-0.3, -0.25) is 9.52 Å². The average molecular weight is 409 g/mol. The van der Waals surface area contributed by atoms with Crippen LogP contribution >= 0.6 is 11.9 Å². The van der Waals surface area contributed by atoms with Crippen LogP contribution in [0.1, 0.15) is 63.3 Å². The van der Waals surface area contributed by atoms with Gasteiger partial charge < -0.3 is 14.0 Å². The molecule has 2 atom stereocenters. The predicted molar refractivity (Wildman–Crippen MR) is 116 cm³/mol. The minimum atomic E-state index is 0.0607. The van der Waals surface area contributed by atoms with E-state index in [4.69, 9.17) is 9.47 Å². The molecule has 1 saturated carbocycles. The van der Waals surface area contributed by atoms with E-state index >= 15 is 0 Å². The van der Waals surface area contributed by atoms with Gasteiger partial charge in [0.15, 0.2) is 0 Å². The highest BCUT2D eigenvalue weighted by Gasteiger charge is 2.32. The first kappa shape index (κ1) is 21.9. The first-order valence-electron chi connectivity index (χ1n) is 10.7. The quantitative estimate of drug-likeness (QED) is 0.662. The molecule has 0 aromatic carbocycles. The van der Waals surface area contributed by atoms with Gasteiger partial charge in [-0.05, 0) is 77.5 Å². The number of nitrogens with zero attached hydrogens (tertiary/aromatic N) is 1. The lowest BCUT2D eigenvalue weighted by molar-refractivity contribution is -0.0225. The molecule has 5 nitrogen and oxygen atoms in total. The molecule has 2 heterocycles. The van der Waals surface area contributed by atoms with E-state index in [9.17, 15) is 4.79 Å². The monoisotopic (exact) mass is 408 g/mol. The molecule has 28 heavy (non-hydrogen) atoms. The Morgan fingerprint density at radius 2 is 1.93 bits per heavy atom. The summed E-state index contributed by atoms with van der Waals surface area (Å²) in [5.41, 5.74) is 2.08. The molecule has 1 N–H and O–H groups in total. The summed E-state index contributed by atoms with van der Waals surface area (Å²) in [6, 6.07) is 4.39. The molecule has 0 spiro atoms. The van der Waals surface area contributed by atoms with E-state index in [1.807, 2.05) is 23.8 Å². The van der Waals surface area contributed by atoms with Crippen LogP contribution in [-0.4, -0.2) is 42.3 Å². The highest BCUT2D eigenvalue weighted by atomic mass is 32.2. The van der Waals surface area contributed by atoms with Crippen LogP contribution in [0, 0.1) is 12.8 Å². The second-order valence-corrected chi connectivity index (χ2v) is 9.22. The van der Waals surface area contributed by atoms with Crippen LogP contribution in [0.5, 0.6) is 0 Å². The molecule has 0 saturated heterocycles. The van der Waals surface area contributed by atoms with E-state index < -0.39 is 0 Å².